The van der Waals surface area contributed by atoms with Crippen LogP contribution in [-0.2, 0) is 0 Å². The fraction of sp³-hybridized carbons (Fsp3) is 0.318. The number of para-hydroxylation sites is 1. The van der Waals surface area contributed by atoms with Gasteiger partial charge in [0.25, 0.3) is 5.69 Å². The summed E-state index contributed by atoms with van der Waals surface area (Å²) in [5.74, 6) is 0. The Morgan fingerprint density at radius 2 is 1.64 bits per heavy atom. The van der Waals surface area contributed by atoms with Crippen molar-refractivity contribution < 1.29 is 4.92 Å². The summed E-state index contributed by atoms with van der Waals surface area (Å²) in [6.45, 7) is 0. The number of hydrogen-bond donors (Lipinski definition) is 0. The molecule has 1 heterocycles. The molecule has 0 unspecified atom stereocenters. The second-order valence-corrected chi connectivity index (χ2v) is 8.01. The van der Waals surface area contributed by atoms with E-state index in [0.29, 0.717) is 6.04 Å². The van der Waals surface area contributed by atoms with E-state index < -0.39 is 0 Å². The monoisotopic (exact) mass is 393 g/mol. The van der Waals surface area contributed by atoms with Gasteiger partial charge in [-0.2, -0.15) is 0 Å². The van der Waals surface area contributed by atoms with Gasteiger partial charge in [-0.1, -0.05) is 43.9 Å². The van der Waals surface area contributed by atoms with E-state index in [1.807, 2.05) is 42.5 Å². The lowest BCUT2D eigenvalue weighted by Gasteiger charge is -2.20. The van der Waals surface area contributed by atoms with E-state index in [2.05, 4.69) is 9.95 Å². The van der Waals surface area contributed by atoms with Crippen molar-refractivity contribution in [2.75, 3.05) is 0 Å². The second kappa shape index (κ2) is 8.52. The lowest BCUT2D eigenvalue weighted by atomic mass is 10.1. The molecule has 0 bridgehead atoms. The Labute approximate surface area is 168 Å². The highest BCUT2D eigenvalue weighted by Crippen LogP contribution is 2.32. The first-order chi connectivity index (χ1) is 13.7. The van der Waals surface area contributed by atoms with Crippen LogP contribution in [0.15, 0.2) is 65.0 Å². The highest BCUT2D eigenvalue weighted by molar-refractivity contribution is 7.07. The fourth-order valence-electron chi connectivity index (χ4n) is 3.85. The topological polar surface area (TPSA) is 60.4 Å². The Balaban J connectivity index is 1.82. The van der Waals surface area contributed by atoms with E-state index in [1.165, 1.54) is 25.7 Å². The number of rotatable bonds is 4. The van der Waals surface area contributed by atoms with Gasteiger partial charge in [0.1, 0.15) is 0 Å². The molecule has 1 aliphatic carbocycles. The SMILES string of the molecule is O=[N+]([O-])c1ccc(-c2csc(=Nc3ccccc3)n2C2CCCCCC2)cc1. The third-order valence-corrected chi connectivity index (χ3v) is 6.13. The van der Waals surface area contributed by atoms with Gasteiger partial charge in [0.05, 0.1) is 16.3 Å². The van der Waals surface area contributed by atoms with Crippen molar-refractivity contribution in [3.8, 4) is 11.3 Å². The molecule has 0 aliphatic heterocycles. The third kappa shape index (κ3) is 4.07. The van der Waals surface area contributed by atoms with E-state index in [0.717, 1.165) is 34.6 Å². The van der Waals surface area contributed by atoms with Crippen LogP contribution in [0.3, 0.4) is 0 Å². The fourth-order valence-corrected chi connectivity index (χ4v) is 4.83. The predicted octanol–water partition coefficient (Wildman–Crippen LogP) is 6.25. The zero-order valence-electron chi connectivity index (χ0n) is 15.7. The van der Waals surface area contributed by atoms with Gasteiger partial charge in [-0.3, -0.25) is 10.1 Å². The number of thiazole rings is 1. The lowest BCUT2D eigenvalue weighted by molar-refractivity contribution is -0.384. The highest BCUT2D eigenvalue weighted by atomic mass is 32.1. The van der Waals surface area contributed by atoms with Gasteiger partial charge in [0.15, 0.2) is 4.80 Å². The van der Waals surface area contributed by atoms with E-state index in [4.69, 9.17) is 4.99 Å². The van der Waals surface area contributed by atoms with Crippen LogP contribution < -0.4 is 4.80 Å². The summed E-state index contributed by atoms with van der Waals surface area (Å²) in [6, 6.07) is 17.3. The number of non-ortho nitro benzene ring substituents is 1. The van der Waals surface area contributed by atoms with E-state index in [9.17, 15) is 10.1 Å². The molecule has 28 heavy (non-hydrogen) atoms. The summed E-state index contributed by atoms with van der Waals surface area (Å²) in [5.41, 5.74) is 3.17. The van der Waals surface area contributed by atoms with Gasteiger partial charge < -0.3 is 4.57 Å². The van der Waals surface area contributed by atoms with E-state index in [-0.39, 0.29) is 10.6 Å². The van der Waals surface area contributed by atoms with Crippen LogP contribution in [0.25, 0.3) is 11.3 Å². The smallest absolute Gasteiger partial charge is 0.269 e. The first-order valence-corrected chi connectivity index (χ1v) is 10.6. The largest absolute Gasteiger partial charge is 0.313 e. The van der Waals surface area contributed by atoms with Crippen LogP contribution in [0.2, 0.25) is 0 Å². The molecule has 0 spiro atoms. The molecule has 2 aromatic carbocycles. The van der Waals surface area contributed by atoms with Crippen LogP contribution in [0, 0.1) is 10.1 Å². The quantitative estimate of drug-likeness (QED) is 0.299. The molecule has 0 amide bonds. The Kier molecular flexibility index (Phi) is 5.67. The average Bonchev–Trinajstić information content (AvgIpc) is 2.94. The maximum Gasteiger partial charge on any atom is 0.269 e. The van der Waals surface area contributed by atoms with Crippen LogP contribution in [0.4, 0.5) is 11.4 Å². The zero-order chi connectivity index (χ0) is 19.3. The molecule has 0 radical (unpaired) electrons. The van der Waals surface area contributed by atoms with Crippen molar-refractivity contribution in [3.05, 3.63) is 74.9 Å². The summed E-state index contributed by atoms with van der Waals surface area (Å²) in [5, 5.41) is 13.1. The first kappa shape index (κ1) is 18.6. The summed E-state index contributed by atoms with van der Waals surface area (Å²) >= 11 is 1.64. The molecule has 0 atom stereocenters. The van der Waals surface area contributed by atoms with Crippen molar-refractivity contribution in [2.45, 2.75) is 44.6 Å². The second-order valence-electron chi connectivity index (χ2n) is 7.17. The zero-order valence-corrected chi connectivity index (χ0v) is 16.5. The van der Waals surface area contributed by atoms with Crippen LogP contribution in [0.1, 0.15) is 44.6 Å². The van der Waals surface area contributed by atoms with Crippen LogP contribution in [-0.4, -0.2) is 9.49 Å². The highest BCUT2D eigenvalue weighted by Gasteiger charge is 2.20. The van der Waals surface area contributed by atoms with Crippen molar-refractivity contribution in [1.82, 2.24) is 4.57 Å². The number of hydrogen-bond acceptors (Lipinski definition) is 4. The molecule has 0 saturated heterocycles. The minimum Gasteiger partial charge on any atom is -0.313 e. The third-order valence-electron chi connectivity index (χ3n) is 5.29. The van der Waals surface area contributed by atoms with Gasteiger partial charge in [-0.25, -0.2) is 4.99 Å². The van der Waals surface area contributed by atoms with Crippen molar-refractivity contribution in [2.24, 2.45) is 4.99 Å². The Morgan fingerprint density at radius 1 is 0.964 bits per heavy atom. The molecule has 3 aromatic rings. The average molecular weight is 394 g/mol. The Bertz CT molecular complexity index is 998. The molecular formula is C22H23N3O2S. The molecular weight excluding hydrogens is 370 g/mol. The minimum atomic E-state index is -0.354. The van der Waals surface area contributed by atoms with Gasteiger partial charge >= 0.3 is 0 Å². The molecule has 1 aliphatic rings. The number of aromatic nitrogens is 1. The summed E-state index contributed by atoms with van der Waals surface area (Å²) < 4.78 is 2.37. The van der Waals surface area contributed by atoms with Crippen LogP contribution >= 0.6 is 11.3 Å². The first-order valence-electron chi connectivity index (χ1n) is 9.77. The Hall–Kier alpha value is -2.73. The number of nitro benzene ring substituents is 1. The van der Waals surface area contributed by atoms with Gasteiger partial charge in [-0.15, -0.1) is 11.3 Å². The predicted molar refractivity (Wildman–Crippen MR) is 113 cm³/mol. The minimum absolute atomic E-state index is 0.120. The van der Waals surface area contributed by atoms with Gasteiger partial charge in [0, 0.05) is 23.6 Å². The van der Waals surface area contributed by atoms with Crippen LogP contribution in [0.5, 0.6) is 0 Å². The number of benzene rings is 2. The van der Waals surface area contributed by atoms with Gasteiger partial charge in [0.2, 0.25) is 0 Å². The van der Waals surface area contributed by atoms with E-state index in [1.54, 1.807) is 23.5 Å². The molecule has 1 fully saturated rings. The van der Waals surface area contributed by atoms with Gasteiger partial charge in [-0.05, 0) is 42.7 Å². The lowest BCUT2D eigenvalue weighted by Crippen LogP contribution is -2.21. The molecule has 6 heteroatoms. The number of nitro groups is 1. The normalized spacial score (nSPS) is 16.1. The molecule has 0 N–H and O–H groups in total. The maximum absolute atomic E-state index is 11.0. The molecule has 1 saturated carbocycles. The standard InChI is InChI=1S/C22H23N3O2S/c26-25(27)20-14-12-17(13-15-20)21-16-28-22(23-18-8-4-3-5-9-18)24(21)19-10-6-1-2-7-11-19/h3-5,8-9,12-16,19H,1-2,6-7,10-11H2. The summed E-state index contributed by atoms with van der Waals surface area (Å²) in [4.78, 5) is 16.5. The summed E-state index contributed by atoms with van der Waals surface area (Å²) in [6.07, 6.45) is 7.35. The van der Waals surface area contributed by atoms with Crippen molar-refractivity contribution >= 4 is 22.7 Å². The van der Waals surface area contributed by atoms with Crippen molar-refractivity contribution in [3.63, 3.8) is 0 Å². The summed E-state index contributed by atoms with van der Waals surface area (Å²) in [7, 11) is 0. The number of nitrogens with zero attached hydrogens (tertiary/aromatic N) is 3. The molecule has 4 rings (SSSR count). The molecule has 144 valence electrons. The molecule has 1 aromatic heterocycles. The molecule has 5 nitrogen and oxygen atoms in total. The van der Waals surface area contributed by atoms with Crippen molar-refractivity contribution in [1.29, 1.82) is 0 Å². The maximum atomic E-state index is 11.0. The Morgan fingerprint density at radius 3 is 2.29 bits per heavy atom. The van der Waals surface area contributed by atoms with E-state index >= 15 is 0 Å².